The maximum Gasteiger partial charge on any atom is 0.256 e. The SMILES string of the molecule is C[C@@H]1CN(C(=O)c2cc3ccccc3c3cccnc23)C[C@@H](C)S1. The zero-order valence-electron chi connectivity index (χ0n) is 13.9. The second-order valence-corrected chi connectivity index (χ2v) is 8.39. The minimum absolute atomic E-state index is 0.100. The minimum atomic E-state index is 0.100. The van der Waals surface area contributed by atoms with E-state index in [1.54, 1.807) is 6.20 Å². The van der Waals surface area contributed by atoms with Crippen molar-refractivity contribution in [1.82, 2.24) is 9.88 Å². The molecule has 3 nitrogen and oxygen atoms in total. The Hall–Kier alpha value is -2.07. The molecule has 0 aliphatic carbocycles. The molecule has 1 fully saturated rings. The van der Waals surface area contributed by atoms with Gasteiger partial charge in [0.15, 0.2) is 0 Å². The number of hydrogen-bond donors (Lipinski definition) is 0. The Morgan fingerprint density at radius 1 is 1.08 bits per heavy atom. The van der Waals surface area contributed by atoms with E-state index in [1.165, 1.54) is 0 Å². The van der Waals surface area contributed by atoms with Crippen LogP contribution in [0.15, 0.2) is 48.7 Å². The molecule has 2 heterocycles. The lowest BCUT2D eigenvalue weighted by atomic mass is 10.00. The minimum Gasteiger partial charge on any atom is -0.336 e. The van der Waals surface area contributed by atoms with E-state index in [9.17, 15) is 4.79 Å². The zero-order valence-corrected chi connectivity index (χ0v) is 14.7. The average molecular weight is 336 g/mol. The van der Waals surface area contributed by atoms with Gasteiger partial charge in [-0.1, -0.05) is 44.2 Å². The zero-order chi connectivity index (χ0) is 16.7. The van der Waals surface area contributed by atoms with Crippen LogP contribution in [0, 0.1) is 0 Å². The van der Waals surface area contributed by atoms with Crippen LogP contribution in [0.1, 0.15) is 24.2 Å². The molecule has 1 amide bonds. The number of rotatable bonds is 1. The fourth-order valence-corrected chi connectivity index (χ4v) is 4.93. The van der Waals surface area contributed by atoms with Gasteiger partial charge in [0.25, 0.3) is 5.91 Å². The molecule has 24 heavy (non-hydrogen) atoms. The summed E-state index contributed by atoms with van der Waals surface area (Å²) in [4.78, 5) is 19.7. The Kier molecular flexibility index (Phi) is 3.93. The molecule has 0 bridgehead atoms. The summed E-state index contributed by atoms with van der Waals surface area (Å²) in [7, 11) is 0. The molecule has 122 valence electrons. The molecule has 0 N–H and O–H groups in total. The van der Waals surface area contributed by atoms with Gasteiger partial charge in [-0.25, -0.2) is 0 Å². The van der Waals surface area contributed by atoms with Crippen molar-refractivity contribution in [2.24, 2.45) is 0 Å². The van der Waals surface area contributed by atoms with Gasteiger partial charge in [-0.05, 0) is 22.9 Å². The predicted molar refractivity (Wildman–Crippen MR) is 102 cm³/mol. The molecular weight excluding hydrogens is 316 g/mol. The number of amides is 1. The first-order valence-corrected chi connectivity index (χ1v) is 9.29. The first kappa shape index (κ1) is 15.5. The van der Waals surface area contributed by atoms with E-state index in [-0.39, 0.29) is 5.91 Å². The molecule has 2 aromatic carbocycles. The lowest BCUT2D eigenvalue weighted by Crippen LogP contribution is -2.44. The van der Waals surface area contributed by atoms with Gasteiger partial charge in [-0.3, -0.25) is 9.78 Å². The van der Waals surface area contributed by atoms with Crippen molar-refractivity contribution in [3.63, 3.8) is 0 Å². The molecule has 1 aromatic heterocycles. The standard InChI is InChI=1S/C20H20N2OS/c1-13-11-22(12-14(2)24-13)20(23)18-10-15-6-3-4-7-16(15)17-8-5-9-21-19(17)18/h3-10,13-14H,11-12H2,1-2H3/t13-,14-/m1/s1. The van der Waals surface area contributed by atoms with Crippen molar-refractivity contribution < 1.29 is 4.79 Å². The molecular formula is C20H20N2OS. The number of carbonyl (C=O) groups excluding carboxylic acids is 1. The summed E-state index contributed by atoms with van der Waals surface area (Å²) in [5.41, 5.74) is 1.52. The first-order chi connectivity index (χ1) is 11.6. The first-order valence-electron chi connectivity index (χ1n) is 8.34. The van der Waals surface area contributed by atoms with Gasteiger partial charge < -0.3 is 4.90 Å². The Balaban J connectivity index is 1.87. The molecule has 0 unspecified atom stereocenters. The highest BCUT2D eigenvalue weighted by Crippen LogP contribution is 2.30. The van der Waals surface area contributed by atoms with Crippen LogP contribution in [0.25, 0.3) is 21.7 Å². The summed E-state index contributed by atoms with van der Waals surface area (Å²) < 4.78 is 0. The van der Waals surface area contributed by atoms with Crippen molar-refractivity contribution in [2.45, 2.75) is 24.3 Å². The third-order valence-electron chi connectivity index (χ3n) is 4.55. The second-order valence-electron chi connectivity index (χ2n) is 6.51. The molecule has 0 saturated carbocycles. The summed E-state index contributed by atoms with van der Waals surface area (Å²) in [6, 6.07) is 14.2. The molecule has 1 aliphatic heterocycles. The highest BCUT2D eigenvalue weighted by molar-refractivity contribution is 8.00. The van der Waals surface area contributed by atoms with Crippen LogP contribution in [0.4, 0.5) is 0 Å². The van der Waals surface area contributed by atoms with Gasteiger partial charge >= 0.3 is 0 Å². The van der Waals surface area contributed by atoms with Gasteiger partial charge in [0, 0.05) is 35.2 Å². The second kappa shape index (κ2) is 6.10. The van der Waals surface area contributed by atoms with E-state index in [0.29, 0.717) is 10.5 Å². The average Bonchev–Trinajstić information content (AvgIpc) is 2.59. The Bertz CT molecular complexity index is 914. The summed E-state index contributed by atoms with van der Waals surface area (Å²) >= 11 is 1.95. The van der Waals surface area contributed by atoms with Gasteiger partial charge in [0.2, 0.25) is 0 Å². The quantitative estimate of drug-likeness (QED) is 0.619. The molecule has 0 spiro atoms. The van der Waals surface area contributed by atoms with Crippen LogP contribution in [-0.2, 0) is 0 Å². The summed E-state index contributed by atoms with van der Waals surface area (Å²) in [6.45, 7) is 5.98. The third kappa shape index (κ3) is 2.65. The topological polar surface area (TPSA) is 33.2 Å². The summed E-state index contributed by atoms with van der Waals surface area (Å²) in [5.74, 6) is 0.100. The number of benzene rings is 2. The van der Waals surface area contributed by atoms with E-state index in [1.807, 2.05) is 40.9 Å². The summed E-state index contributed by atoms with van der Waals surface area (Å²) in [5, 5.41) is 4.23. The van der Waals surface area contributed by atoms with E-state index in [2.05, 4.69) is 37.0 Å². The number of fused-ring (bicyclic) bond motifs is 3. The van der Waals surface area contributed by atoms with Crippen molar-refractivity contribution in [1.29, 1.82) is 0 Å². The van der Waals surface area contributed by atoms with Gasteiger partial charge in [0.05, 0.1) is 11.1 Å². The number of aromatic nitrogens is 1. The molecule has 2 atom stereocenters. The van der Waals surface area contributed by atoms with Crippen molar-refractivity contribution in [3.05, 3.63) is 54.2 Å². The van der Waals surface area contributed by atoms with Crippen LogP contribution < -0.4 is 0 Å². The number of carbonyl (C=O) groups is 1. The monoisotopic (exact) mass is 336 g/mol. The Labute approximate surface area is 146 Å². The summed E-state index contributed by atoms with van der Waals surface area (Å²) in [6.07, 6.45) is 1.77. The normalized spacial score (nSPS) is 21.3. The maximum atomic E-state index is 13.2. The number of pyridine rings is 1. The Morgan fingerprint density at radius 3 is 2.58 bits per heavy atom. The smallest absolute Gasteiger partial charge is 0.256 e. The fourth-order valence-electron chi connectivity index (χ4n) is 3.61. The maximum absolute atomic E-state index is 13.2. The number of nitrogens with zero attached hydrogens (tertiary/aromatic N) is 2. The number of hydrogen-bond acceptors (Lipinski definition) is 3. The molecule has 3 aromatic rings. The van der Waals surface area contributed by atoms with E-state index in [4.69, 9.17) is 0 Å². The van der Waals surface area contributed by atoms with E-state index < -0.39 is 0 Å². The van der Waals surface area contributed by atoms with Crippen LogP contribution >= 0.6 is 11.8 Å². The fraction of sp³-hybridized carbons (Fsp3) is 0.300. The lowest BCUT2D eigenvalue weighted by Gasteiger charge is -2.34. The molecule has 1 saturated heterocycles. The van der Waals surface area contributed by atoms with Crippen LogP contribution in [-0.4, -0.2) is 39.4 Å². The molecule has 4 rings (SSSR count). The van der Waals surface area contributed by atoms with Gasteiger partial charge in [-0.15, -0.1) is 0 Å². The lowest BCUT2D eigenvalue weighted by molar-refractivity contribution is 0.0755. The highest BCUT2D eigenvalue weighted by atomic mass is 32.2. The Morgan fingerprint density at radius 2 is 1.79 bits per heavy atom. The predicted octanol–water partition coefficient (Wildman–Crippen LogP) is 4.35. The van der Waals surface area contributed by atoms with E-state index in [0.717, 1.165) is 40.3 Å². The molecule has 4 heteroatoms. The van der Waals surface area contributed by atoms with Gasteiger partial charge in [-0.2, -0.15) is 11.8 Å². The number of thioether (sulfide) groups is 1. The molecule has 1 aliphatic rings. The van der Waals surface area contributed by atoms with Gasteiger partial charge in [0.1, 0.15) is 0 Å². The van der Waals surface area contributed by atoms with Crippen molar-refractivity contribution >= 4 is 39.3 Å². The van der Waals surface area contributed by atoms with Crippen molar-refractivity contribution in [2.75, 3.05) is 13.1 Å². The molecule has 0 radical (unpaired) electrons. The van der Waals surface area contributed by atoms with Crippen LogP contribution in [0.3, 0.4) is 0 Å². The van der Waals surface area contributed by atoms with Crippen LogP contribution in [0.5, 0.6) is 0 Å². The third-order valence-corrected chi connectivity index (χ3v) is 5.78. The van der Waals surface area contributed by atoms with Crippen LogP contribution in [0.2, 0.25) is 0 Å². The van der Waals surface area contributed by atoms with Crippen molar-refractivity contribution in [3.8, 4) is 0 Å². The highest BCUT2D eigenvalue weighted by Gasteiger charge is 2.28. The van der Waals surface area contributed by atoms with E-state index >= 15 is 0 Å². The largest absolute Gasteiger partial charge is 0.336 e.